The molecule has 2 aromatic carbocycles. The van der Waals surface area contributed by atoms with Crippen LogP contribution in [0.2, 0.25) is 0 Å². The van der Waals surface area contributed by atoms with Crippen molar-refractivity contribution in [2.24, 2.45) is 0 Å². The minimum absolute atomic E-state index is 0.0408. The molecule has 4 heteroatoms. The number of hydrogen-bond acceptors (Lipinski definition) is 1. The first-order valence-electron chi connectivity index (χ1n) is 6.89. The SMILES string of the molecule is CNCCC(c1ccccc1)c1cccc(C(F)(F)F)c1. The zero-order valence-corrected chi connectivity index (χ0v) is 11.8. The monoisotopic (exact) mass is 293 g/mol. The maximum absolute atomic E-state index is 12.9. The first-order chi connectivity index (χ1) is 10.0. The predicted molar refractivity (Wildman–Crippen MR) is 78.3 cm³/mol. The minimum atomic E-state index is -4.31. The van der Waals surface area contributed by atoms with Crippen LogP contribution in [0.4, 0.5) is 13.2 Å². The molecule has 1 unspecified atom stereocenters. The molecule has 0 saturated carbocycles. The highest BCUT2D eigenvalue weighted by molar-refractivity contribution is 5.35. The van der Waals surface area contributed by atoms with E-state index >= 15 is 0 Å². The number of benzene rings is 2. The Labute approximate surface area is 122 Å². The number of alkyl halides is 3. The fourth-order valence-corrected chi connectivity index (χ4v) is 2.43. The van der Waals surface area contributed by atoms with Crippen LogP contribution in [0.1, 0.15) is 29.0 Å². The molecule has 0 radical (unpaired) electrons. The van der Waals surface area contributed by atoms with E-state index < -0.39 is 11.7 Å². The Balaban J connectivity index is 2.37. The van der Waals surface area contributed by atoms with Gasteiger partial charge in [0.25, 0.3) is 0 Å². The number of halogens is 3. The highest BCUT2D eigenvalue weighted by Gasteiger charge is 2.31. The summed E-state index contributed by atoms with van der Waals surface area (Å²) >= 11 is 0. The lowest BCUT2D eigenvalue weighted by atomic mass is 9.87. The van der Waals surface area contributed by atoms with Crippen LogP contribution in [0, 0.1) is 0 Å². The van der Waals surface area contributed by atoms with Gasteiger partial charge in [-0.05, 0) is 37.2 Å². The quantitative estimate of drug-likeness (QED) is 0.859. The Morgan fingerprint density at radius 3 is 2.24 bits per heavy atom. The number of nitrogens with one attached hydrogen (secondary N) is 1. The van der Waals surface area contributed by atoms with Crippen LogP contribution in [0.15, 0.2) is 54.6 Å². The molecule has 21 heavy (non-hydrogen) atoms. The average molecular weight is 293 g/mol. The zero-order chi connectivity index (χ0) is 15.3. The predicted octanol–water partition coefficient (Wildman–Crippen LogP) is 4.45. The molecule has 112 valence electrons. The summed E-state index contributed by atoms with van der Waals surface area (Å²) in [6.45, 7) is 0.746. The van der Waals surface area contributed by atoms with E-state index in [-0.39, 0.29) is 5.92 Å². The number of hydrogen-bond donors (Lipinski definition) is 1. The van der Waals surface area contributed by atoms with Crippen LogP contribution in [0.25, 0.3) is 0 Å². The largest absolute Gasteiger partial charge is 0.416 e. The molecule has 0 amide bonds. The topological polar surface area (TPSA) is 12.0 Å². The summed E-state index contributed by atoms with van der Waals surface area (Å²) in [6, 6.07) is 15.3. The molecule has 0 fully saturated rings. The number of rotatable bonds is 5. The lowest BCUT2D eigenvalue weighted by molar-refractivity contribution is -0.137. The molecule has 1 atom stereocenters. The Morgan fingerprint density at radius 1 is 0.952 bits per heavy atom. The summed E-state index contributed by atoms with van der Waals surface area (Å²) in [4.78, 5) is 0. The molecular weight excluding hydrogens is 275 g/mol. The van der Waals surface area contributed by atoms with E-state index in [0.29, 0.717) is 5.56 Å². The van der Waals surface area contributed by atoms with Gasteiger partial charge in [0.2, 0.25) is 0 Å². The van der Waals surface area contributed by atoms with Gasteiger partial charge in [-0.2, -0.15) is 13.2 Å². The second-order valence-electron chi connectivity index (χ2n) is 4.98. The fraction of sp³-hybridized carbons (Fsp3) is 0.294. The Bertz CT molecular complexity index is 564. The third-order valence-electron chi connectivity index (χ3n) is 3.50. The summed E-state index contributed by atoms with van der Waals surface area (Å²) in [5, 5.41) is 3.06. The lowest BCUT2D eigenvalue weighted by Gasteiger charge is -2.19. The smallest absolute Gasteiger partial charge is 0.320 e. The summed E-state index contributed by atoms with van der Waals surface area (Å²) in [6.07, 6.45) is -3.55. The van der Waals surface area contributed by atoms with Crippen LogP contribution in [0.5, 0.6) is 0 Å². The van der Waals surface area contributed by atoms with E-state index in [1.54, 1.807) is 6.07 Å². The van der Waals surface area contributed by atoms with Crippen LogP contribution in [-0.2, 0) is 6.18 Å². The minimum Gasteiger partial charge on any atom is -0.320 e. The van der Waals surface area contributed by atoms with E-state index in [2.05, 4.69) is 5.32 Å². The van der Waals surface area contributed by atoms with Gasteiger partial charge in [-0.25, -0.2) is 0 Å². The normalized spacial score (nSPS) is 13.1. The van der Waals surface area contributed by atoms with Crippen molar-refractivity contribution in [1.82, 2.24) is 5.32 Å². The van der Waals surface area contributed by atoms with Crippen LogP contribution >= 0.6 is 0 Å². The maximum Gasteiger partial charge on any atom is 0.416 e. The summed E-state index contributed by atoms with van der Waals surface area (Å²) < 4.78 is 38.6. The zero-order valence-electron chi connectivity index (χ0n) is 11.8. The van der Waals surface area contributed by atoms with Gasteiger partial charge in [-0.3, -0.25) is 0 Å². The molecule has 0 aliphatic heterocycles. The third-order valence-corrected chi connectivity index (χ3v) is 3.50. The van der Waals surface area contributed by atoms with Crippen molar-refractivity contribution in [1.29, 1.82) is 0 Å². The molecule has 0 aliphatic carbocycles. The van der Waals surface area contributed by atoms with Gasteiger partial charge in [0.15, 0.2) is 0 Å². The Hall–Kier alpha value is -1.81. The lowest BCUT2D eigenvalue weighted by Crippen LogP contribution is -2.14. The highest BCUT2D eigenvalue weighted by atomic mass is 19.4. The van der Waals surface area contributed by atoms with Gasteiger partial charge in [-0.15, -0.1) is 0 Å². The van der Waals surface area contributed by atoms with E-state index in [0.717, 1.165) is 24.6 Å². The molecule has 1 nitrogen and oxygen atoms in total. The van der Waals surface area contributed by atoms with Crippen LogP contribution in [-0.4, -0.2) is 13.6 Å². The summed E-state index contributed by atoms with van der Waals surface area (Å²) in [5.41, 5.74) is 1.14. The second kappa shape index (κ2) is 6.76. The van der Waals surface area contributed by atoms with E-state index in [9.17, 15) is 13.2 Å². The average Bonchev–Trinajstić information content (AvgIpc) is 2.48. The molecule has 0 bridgehead atoms. The molecular formula is C17H18F3N. The van der Waals surface area contributed by atoms with Crippen molar-refractivity contribution >= 4 is 0 Å². The van der Waals surface area contributed by atoms with Crippen LogP contribution in [0.3, 0.4) is 0 Å². The van der Waals surface area contributed by atoms with E-state index in [4.69, 9.17) is 0 Å². The van der Waals surface area contributed by atoms with E-state index in [1.807, 2.05) is 37.4 Å². The second-order valence-corrected chi connectivity index (χ2v) is 4.98. The fourth-order valence-electron chi connectivity index (χ4n) is 2.43. The van der Waals surface area contributed by atoms with Gasteiger partial charge < -0.3 is 5.32 Å². The van der Waals surface area contributed by atoms with Gasteiger partial charge >= 0.3 is 6.18 Å². The Morgan fingerprint density at radius 2 is 1.62 bits per heavy atom. The molecule has 0 spiro atoms. The van der Waals surface area contributed by atoms with Crippen molar-refractivity contribution in [2.75, 3.05) is 13.6 Å². The summed E-state index contributed by atoms with van der Waals surface area (Å²) in [7, 11) is 1.84. The van der Waals surface area contributed by atoms with Crippen molar-refractivity contribution in [3.8, 4) is 0 Å². The molecule has 0 aliphatic rings. The molecule has 0 saturated heterocycles. The van der Waals surface area contributed by atoms with E-state index in [1.165, 1.54) is 12.1 Å². The Kier molecular flexibility index (Phi) is 5.02. The first-order valence-corrected chi connectivity index (χ1v) is 6.89. The summed E-state index contributed by atoms with van der Waals surface area (Å²) in [5.74, 6) is -0.0408. The molecule has 1 N–H and O–H groups in total. The molecule has 0 heterocycles. The van der Waals surface area contributed by atoms with Gasteiger partial charge in [0, 0.05) is 5.92 Å². The standard InChI is InChI=1S/C17H18F3N/c1-21-11-10-16(13-6-3-2-4-7-13)14-8-5-9-15(12-14)17(18,19)20/h2-9,12,16,21H,10-11H2,1H3. The maximum atomic E-state index is 12.9. The van der Waals surface area contributed by atoms with Crippen molar-refractivity contribution in [3.63, 3.8) is 0 Å². The van der Waals surface area contributed by atoms with Crippen molar-refractivity contribution in [3.05, 3.63) is 71.3 Å². The third kappa shape index (κ3) is 4.08. The molecule has 0 aromatic heterocycles. The van der Waals surface area contributed by atoms with Gasteiger partial charge in [0.1, 0.15) is 0 Å². The van der Waals surface area contributed by atoms with Crippen molar-refractivity contribution < 1.29 is 13.2 Å². The molecule has 2 rings (SSSR count). The van der Waals surface area contributed by atoms with Gasteiger partial charge in [0.05, 0.1) is 5.56 Å². The highest BCUT2D eigenvalue weighted by Crippen LogP contribution is 2.34. The van der Waals surface area contributed by atoms with Crippen molar-refractivity contribution in [2.45, 2.75) is 18.5 Å². The van der Waals surface area contributed by atoms with Gasteiger partial charge in [-0.1, -0.05) is 48.5 Å². The molecule has 2 aromatic rings. The first kappa shape index (κ1) is 15.6. The van der Waals surface area contributed by atoms with Crippen LogP contribution < -0.4 is 5.32 Å².